The minimum atomic E-state index is 0.775. The maximum absolute atomic E-state index is 4.09. The van der Waals surface area contributed by atoms with Crippen molar-refractivity contribution in [2.75, 3.05) is 0 Å². The number of rotatable bonds is 1. The molecule has 4 heteroatoms. The molecule has 0 unspecified atom stereocenters. The highest BCUT2D eigenvalue weighted by Crippen LogP contribution is 2.12. The summed E-state index contributed by atoms with van der Waals surface area (Å²) in [6.45, 7) is 0. The van der Waals surface area contributed by atoms with Gasteiger partial charge in [0.1, 0.15) is 5.51 Å². The van der Waals surface area contributed by atoms with Crippen LogP contribution in [0.15, 0.2) is 30.0 Å². The summed E-state index contributed by atoms with van der Waals surface area (Å²) in [4.78, 5) is 7.97. The lowest BCUT2D eigenvalue weighted by atomic mass is 10.3. The van der Waals surface area contributed by atoms with Crippen molar-refractivity contribution in [2.45, 2.75) is 0 Å². The average molecular weight is 163 g/mol. The van der Waals surface area contributed by atoms with Crippen LogP contribution in [0.25, 0.3) is 11.4 Å². The molecule has 0 saturated carbocycles. The minimum Gasteiger partial charge on any atom is -0.265 e. The highest BCUT2D eigenvalue weighted by atomic mass is 32.1. The van der Waals surface area contributed by atoms with E-state index < -0.39 is 0 Å². The van der Waals surface area contributed by atoms with Crippen molar-refractivity contribution < 1.29 is 0 Å². The Balaban J connectivity index is 2.46. The molecule has 3 nitrogen and oxygen atoms in total. The van der Waals surface area contributed by atoms with Crippen molar-refractivity contribution >= 4 is 11.5 Å². The van der Waals surface area contributed by atoms with Gasteiger partial charge in [0.2, 0.25) is 0 Å². The first kappa shape index (κ1) is 6.42. The molecule has 0 spiro atoms. The SMILES string of the molecule is c1cc(-c2ncsn2)ccn1. The van der Waals surface area contributed by atoms with Crippen LogP contribution in [-0.2, 0) is 0 Å². The van der Waals surface area contributed by atoms with E-state index in [1.54, 1.807) is 17.9 Å². The lowest BCUT2D eigenvalue weighted by Gasteiger charge is -1.90. The van der Waals surface area contributed by atoms with Crippen LogP contribution in [0, 0.1) is 0 Å². The first-order chi connectivity index (χ1) is 5.47. The molecule has 0 radical (unpaired) electrons. The van der Waals surface area contributed by atoms with Crippen molar-refractivity contribution in [2.24, 2.45) is 0 Å². The van der Waals surface area contributed by atoms with Crippen LogP contribution >= 0.6 is 11.5 Å². The van der Waals surface area contributed by atoms with Gasteiger partial charge in [0.05, 0.1) is 0 Å². The Kier molecular flexibility index (Phi) is 1.61. The third kappa shape index (κ3) is 1.25. The van der Waals surface area contributed by atoms with E-state index in [0.29, 0.717) is 0 Å². The zero-order valence-electron chi connectivity index (χ0n) is 5.64. The van der Waals surface area contributed by atoms with E-state index in [9.17, 15) is 0 Å². The van der Waals surface area contributed by atoms with Gasteiger partial charge < -0.3 is 0 Å². The van der Waals surface area contributed by atoms with E-state index in [-0.39, 0.29) is 0 Å². The lowest BCUT2D eigenvalue weighted by Crippen LogP contribution is -1.78. The van der Waals surface area contributed by atoms with Crippen molar-refractivity contribution in [1.29, 1.82) is 0 Å². The summed E-state index contributed by atoms with van der Waals surface area (Å²) in [6, 6.07) is 3.78. The predicted molar refractivity (Wildman–Crippen MR) is 43.1 cm³/mol. The van der Waals surface area contributed by atoms with Gasteiger partial charge in [0.15, 0.2) is 5.82 Å². The molecule has 11 heavy (non-hydrogen) atoms. The summed E-state index contributed by atoms with van der Waals surface area (Å²) in [5, 5.41) is 0. The van der Waals surface area contributed by atoms with Gasteiger partial charge in [-0.1, -0.05) is 0 Å². The molecule has 0 aromatic carbocycles. The van der Waals surface area contributed by atoms with Crippen LogP contribution in [-0.4, -0.2) is 14.3 Å². The Morgan fingerprint density at radius 1 is 1.18 bits per heavy atom. The predicted octanol–water partition coefficient (Wildman–Crippen LogP) is 1.60. The maximum Gasteiger partial charge on any atom is 0.172 e. The standard InChI is InChI=1S/C7H5N3S/c1-3-8-4-2-6(1)7-9-5-11-10-7/h1-5H. The van der Waals surface area contributed by atoms with Crippen LogP contribution in [0.1, 0.15) is 0 Å². The van der Waals surface area contributed by atoms with Crippen molar-refractivity contribution in [3.05, 3.63) is 30.0 Å². The fraction of sp³-hybridized carbons (Fsp3) is 0. The van der Waals surface area contributed by atoms with Crippen LogP contribution in [0.4, 0.5) is 0 Å². The van der Waals surface area contributed by atoms with Gasteiger partial charge in [-0.3, -0.25) is 4.98 Å². The molecule has 0 atom stereocenters. The molecule has 0 aliphatic carbocycles. The van der Waals surface area contributed by atoms with Crippen LogP contribution < -0.4 is 0 Å². The molecule has 2 aromatic heterocycles. The van der Waals surface area contributed by atoms with Crippen molar-refractivity contribution in [1.82, 2.24) is 14.3 Å². The molecule has 2 aromatic rings. The molecule has 54 valence electrons. The highest BCUT2D eigenvalue weighted by molar-refractivity contribution is 7.03. The fourth-order valence-electron chi connectivity index (χ4n) is 0.799. The monoisotopic (exact) mass is 163 g/mol. The lowest BCUT2D eigenvalue weighted by molar-refractivity contribution is 1.28. The summed E-state index contributed by atoms with van der Waals surface area (Å²) in [5.74, 6) is 0.775. The van der Waals surface area contributed by atoms with Gasteiger partial charge in [-0.25, -0.2) is 4.98 Å². The van der Waals surface area contributed by atoms with Crippen molar-refractivity contribution in [3.8, 4) is 11.4 Å². The average Bonchev–Trinajstić information content (AvgIpc) is 2.58. The molecule has 0 N–H and O–H groups in total. The topological polar surface area (TPSA) is 38.7 Å². The summed E-state index contributed by atoms with van der Waals surface area (Å²) in [5.41, 5.74) is 2.73. The minimum absolute atomic E-state index is 0.775. The van der Waals surface area contributed by atoms with E-state index in [0.717, 1.165) is 11.4 Å². The molecule has 2 rings (SSSR count). The first-order valence-electron chi connectivity index (χ1n) is 3.13. The molecule has 0 saturated heterocycles. The Morgan fingerprint density at radius 3 is 2.64 bits per heavy atom. The normalized spacial score (nSPS) is 9.82. The molecule has 0 amide bonds. The summed E-state index contributed by atoms with van der Waals surface area (Å²) in [6.07, 6.45) is 3.46. The smallest absolute Gasteiger partial charge is 0.172 e. The van der Waals surface area contributed by atoms with Crippen LogP contribution in [0.2, 0.25) is 0 Å². The Hall–Kier alpha value is -1.29. The molecular formula is C7H5N3S. The van der Waals surface area contributed by atoms with E-state index in [4.69, 9.17) is 0 Å². The number of nitrogens with zero attached hydrogens (tertiary/aromatic N) is 3. The van der Waals surface area contributed by atoms with Crippen LogP contribution in [0.3, 0.4) is 0 Å². The molecular weight excluding hydrogens is 158 g/mol. The summed E-state index contributed by atoms with van der Waals surface area (Å²) < 4.78 is 4.09. The molecule has 0 aliphatic rings. The van der Waals surface area contributed by atoms with Crippen LogP contribution in [0.5, 0.6) is 0 Å². The zero-order chi connectivity index (χ0) is 7.52. The zero-order valence-corrected chi connectivity index (χ0v) is 6.45. The van der Waals surface area contributed by atoms with Gasteiger partial charge in [0, 0.05) is 18.0 Å². The number of aromatic nitrogens is 3. The summed E-state index contributed by atoms with van der Waals surface area (Å²) >= 11 is 1.35. The third-order valence-electron chi connectivity index (χ3n) is 1.30. The molecule has 0 aliphatic heterocycles. The van der Waals surface area contributed by atoms with Gasteiger partial charge in [-0.2, -0.15) is 4.37 Å². The largest absolute Gasteiger partial charge is 0.265 e. The number of hydrogen-bond acceptors (Lipinski definition) is 4. The van der Waals surface area contributed by atoms with Gasteiger partial charge in [0.25, 0.3) is 0 Å². The molecule has 0 bridgehead atoms. The van der Waals surface area contributed by atoms with Crippen molar-refractivity contribution in [3.63, 3.8) is 0 Å². The quantitative estimate of drug-likeness (QED) is 0.641. The number of hydrogen-bond donors (Lipinski definition) is 0. The Morgan fingerprint density at radius 2 is 2.00 bits per heavy atom. The Bertz CT molecular complexity index is 317. The summed E-state index contributed by atoms with van der Waals surface area (Å²) in [7, 11) is 0. The van der Waals surface area contributed by atoms with E-state index in [1.165, 1.54) is 11.5 Å². The maximum atomic E-state index is 4.09. The second-order valence-corrected chi connectivity index (χ2v) is 2.59. The van der Waals surface area contributed by atoms with E-state index >= 15 is 0 Å². The van der Waals surface area contributed by atoms with Gasteiger partial charge >= 0.3 is 0 Å². The second kappa shape index (κ2) is 2.75. The Labute approximate surface area is 67.9 Å². The fourth-order valence-corrected chi connectivity index (χ4v) is 1.25. The van der Waals surface area contributed by atoms with E-state index in [2.05, 4.69) is 14.3 Å². The van der Waals surface area contributed by atoms with Gasteiger partial charge in [-0.05, 0) is 23.7 Å². The van der Waals surface area contributed by atoms with Gasteiger partial charge in [-0.15, -0.1) is 0 Å². The third-order valence-corrected chi connectivity index (χ3v) is 1.78. The first-order valence-corrected chi connectivity index (χ1v) is 3.97. The highest BCUT2D eigenvalue weighted by Gasteiger charge is 1.97. The second-order valence-electron chi connectivity index (χ2n) is 1.99. The molecule has 0 fully saturated rings. The molecule has 2 heterocycles. The number of pyridine rings is 1. The van der Waals surface area contributed by atoms with E-state index in [1.807, 2.05) is 12.1 Å².